The summed E-state index contributed by atoms with van der Waals surface area (Å²) in [6, 6.07) is 7.84. The first kappa shape index (κ1) is 14.5. The number of nitrogens with one attached hydrogen (secondary N) is 1. The number of hydrogen-bond donors (Lipinski definition) is 2. The van der Waals surface area contributed by atoms with Crippen LogP contribution in [0.4, 0.5) is 16.2 Å². The summed E-state index contributed by atoms with van der Waals surface area (Å²) in [6.07, 6.45) is 3.21. The predicted molar refractivity (Wildman–Crippen MR) is 79.8 cm³/mol. The van der Waals surface area contributed by atoms with Gasteiger partial charge >= 0.3 is 12.0 Å². The van der Waals surface area contributed by atoms with Gasteiger partial charge in [-0.1, -0.05) is 0 Å². The second-order valence-electron chi connectivity index (χ2n) is 4.54. The Hall–Kier alpha value is -2.89. The number of pyridine rings is 1. The van der Waals surface area contributed by atoms with Crippen LogP contribution in [0.15, 0.2) is 42.7 Å². The molecule has 0 aliphatic rings. The minimum atomic E-state index is -0.988. The van der Waals surface area contributed by atoms with Crippen molar-refractivity contribution in [3.8, 4) is 0 Å². The summed E-state index contributed by atoms with van der Waals surface area (Å²) >= 11 is 0. The van der Waals surface area contributed by atoms with E-state index in [-0.39, 0.29) is 11.6 Å². The summed E-state index contributed by atoms with van der Waals surface area (Å²) in [4.78, 5) is 28.4. The molecule has 1 aromatic heterocycles. The van der Waals surface area contributed by atoms with Crippen molar-refractivity contribution < 1.29 is 14.7 Å². The summed E-state index contributed by atoms with van der Waals surface area (Å²) in [5.74, 6) is -0.988. The maximum atomic E-state index is 12.1. The fourth-order valence-corrected chi connectivity index (χ4v) is 1.86. The minimum Gasteiger partial charge on any atom is -0.478 e. The van der Waals surface area contributed by atoms with Gasteiger partial charge in [0.05, 0.1) is 17.4 Å². The molecule has 2 rings (SSSR count). The van der Waals surface area contributed by atoms with Crippen LogP contribution >= 0.6 is 0 Å². The fourth-order valence-electron chi connectivity index (χ4n) is 1.86. The molecule has 0 radical (unpaired) electrons. The van der Waals surface area contributed by atoms with Gasteiger partial charge in [-0.2, -0.15) is 0 Å². The van der Waals surface area contributed by atoms with Crippen molar-refractivity contribution >= 4 is 23.4 Å². The van der Waals surface area contributed by atoms with Crippen LogP contribution in [-0.4, -0.2) is 29.1 Å². The summed E-state index contributed by atoms with van der Waals surface area (Å²) in [7, 11) is 1.63. The van der Waals surface area contributed by atoms with Crippen molar-refractivity contribution in [2.45, 2.75) is 6.92 Å². The molecule has 2 amide bonds. The number of carbonyl (C=O) groups excluding carboxylic acids is 1. The van der Waals surface area contributed by atoms with E-state index in [4.69, 9.17) is 5.11 Å². The lowest BCUT2D eigenvalue weighted by Gasteiger charge is -2.18. The highest BCUT2D eigenvalue weighted by Crippen LogP contribution is 2.17. The molecule has 6 heteroatoms. The van der Waals surface area contributed by atoms with Crippen molar-refractivity contribution in [1.29, 1.82) is 0 Å². The van der Waals surface area contributed by atoms with Crippen molar-refractivity contribution in [2.24, 2.45) is 0 Å². The number of aromatic nitrogens is 1. The van der Waals surface area contributed by atoms with Crippen LogP contribution in [0.2, 0.25) is 0 Å². The number of benzene rings is 1. The van der Waals surface area contributed by atoms with Crippen LogP contribution in [0.5, 0.6) is 0 Å². The van der Waals surface area contributed by atoms with E-state index in [1.165, 1.54) is 11.0 Å². The summed E-state index contributed by atoms with van der Waals surface area (Å²) in [5.41, 5.74) is 2.00. The monoisotopic (exact) mass is 285 g/mol. The van der Waals surface area contributed by atoms with Gasteiger partial charge in [0.1, 0.15) is 0 Å². The molecule has 0 saturated heterocycles. The van der Waals surface area contributed by atoms with E-state index in [2.05, 4.69) is 10.3 Å². The molecule has 0 aliphatic carbocycles. The maximum Gasteiger partial charge on any atom is 0.335 e. The Balaban J connectivity index is 2.13. The molecule has 6 nitrogen and oxygen atoms in total. The van der Waals surface area contributed by atoms with Crippen LogP contribution in [-0.2, 0) is 0 Å². The summed E-state index contributed by atoms with van der Waals surface area (Å²) in [6.45, 7) is 1.68. The Morgan fingerprint density at radius 1 is 1.29 bits per heavy atom. The third-order valence-corrected chi connectivity index (χ3v) is 3.05. The lowest BCUT2D eigenvalue weighted by atomic mass is 10.1. The van der Waals surface area contributed by atoms with Gasteiger partial charge in [-0.15, -0.1) is 0 Å². The maximum absolute atomic E-state index is 12.1. The zero-order valence-electron chi connectivity index (χ0n) is 11.7. The summed E-state index contributed by atoms with van der Waals surface area (Å²) in [5, 5.41) is 11.7. The van der Waals surface area contributed by atoms with Crippen molar-refractivity contribution in [3.63, 3.8) is 0 Å². The Morgan fingerprint density at radius 3 is 2.62 bits per heavy atom. The Bertz CT molecular complexity index is 671. The van der Waals surface area contributed by atoms with Gasteiger partial charge in [-0.3, -0.25) is 9.88 Å². The molecular formula is C15H15N3O3. The van der Waals surface area contributed by atoms with Crippen LogP contribution in [0.25, 0.3) is 0 Å². The topological polar surface area (TPSA) is 82.5 Å². The first-order valence-electron chi connectivity index (χ1n) is 6.27. The number of hydrogen-bond acceptors (Lipinski definition) is 3. The Kier molecular flexibility index (Phi) is 4.18. The predicted octanol–water partition coefficient (Wildman–Crippen LogP) is 2.76. The number of nitrogens with zero attached hydrogens (tertiary/aromatic N) is 2. The molecule has 1 aromatic carbocycles. The first-order chi connectivity index (χ1) is 9.99. The number of aromatic carboxylic acids is 1. The van der Waals surface area contributed by atoms with Crippen LogP contribution in [0, 0.1) is 6.92 Å². The highest BCUT2D eigenvalue weighted by atomic mass is 16.4. The molecule has 0 fully saturated rings. The Morgan fingerprint density at radius 2 is 2.05 bits per heavy atom. The molecule has 0 saturated carbocycles. The highest BCUT2D eigenvalue weighted by Gasteiger charge is 2.12. The smallest absolute Gasteiger partial charge is 0.335 e. The van der Waals surface area contributed by atoms with Gasteiger partial charge in [0.25, 0.3) is 0 Å². The van der Waals surface area contributed by atoms with Crippen LogP contribution in [0.1, 0.15) is 15.9 Å². The quantitative estimate of drug-likeness (QED) is 0.908. The first-order valence-corrected chi connectivity index (χ1v) is 6.27. The summed E-state index contributed by atoms with van der Waals surface area (Å²) < 4.78 is 0. The zero-order valence-corrected chi connectivity index (χ0v) is 11.7. The lowest BCUT2D eigenvalue weighted by Crippen LogP contribution is -2.31. The van der Waals surface area contributed by atoms with Gasteiger partial charge < -0.3 is 10.4 Å². The molecule has 21 heavy (non-hydrogen) atoms. The number of rotatable bonds is 3. The van der Waals surface area contributed by atoms with E-state index >= 15 is 0 Å². The number of carboxylic acid groups (broad SMARTS) is 1. The minimum absolute atomic E-state index is 0.216. The SMILES string of the molecule is Cc1cc(NC(=O)N(C)c2cccnc2)ccc1C(=O)O. The molecule has 0 bridgehead atoms. The third-order valence-electron chi connectivity index (χ3n) is 3.05. The van der Waals surface area contributed by atoms with Gasteiger partial charge in [-0.05, 0) is 42.8 Å². The number of urea groups is 1. The van der Waals surface area contributed by atoms with E-state index in [0.29, 0.717) is 16.9 Å². The number of amides is 2. The van der Waals surface area contributed by atoms with E-state index in [1.54, 1.807) is 50.6 Å². The van der Waals surface area contributed by atoms with Crippen LogP contribution < -0.4 is 10.2 Å². The molecule has 0 spiro atoms. The zero-order chi connectivity index (χ0) is 15.4. The van der Waals surface area contributed by atoms with Gasteiger partial charge in [-0.25, -0.2) is 9.59 Å². The number of carbonyl (C=O) groups is 2. The lowest BCUT2D eigenvalue weighted by molar-refractivity contribution is 0.0696. The van der Waals surface area contributed by atoms with Crippen molar-refractivity contribution in [3.05, 3.63) is 53.9 Å². The fraction of sp³-hybridized carbons (Fsp3) is 0.133. The molecule has 0 unspecified atom stereocenters. The van der Waals surface area contributed by atoms with Crippen molar-refractivity contribution in [2.75, 3.05) is 17.3 Å². The van der Waals surface area contributed by atoms with E-state index < -0.39 is 5.97 Å². The molecular weight excluding hydrogens is 270 g/mol. The molecule has 2 N–H and O–H groups in total. The number of anilines is 2. The molecule has 0 aliphatic heterocycles. The average Bonchev–Trinajstić information content (AvgIpc) is 2.47. The molecule has 1 heterocycles. The number of carboxylic acids is 1. The standard InChI is InChI=1S/C15H15N3O3/c1-10-8-11(5-6-13(10)14(19)20)17-15(21)18(2)12-4-3-7-16-9-12/h3-9H,1-2H3,(H,17,21)(H,19,20). The van der Waals surface area contributed by atoms with E-state index in [1.807, 2.05) is 0 Å². The molecule has 2 aromatic rings. The average molecular weight is 285 g/mol. The number of aryl methyl sites for hydroxylation is 1. The highest BCUT2D eigenvalue weighted by molar-refractivity contribution is 6.01. The largest absolute Gasteiger partial charge is 0.478 e. The van der Waals surface area contributed by atoms with E-state index in [0.717, 1.165) is 0 Å². The van der Waals surface area contributed by atoms with E-state index in [9.17, 15) is 9.59 Å². The van der Waals surface area contributed by atoms with Gasteiger partial charge in [0.2, 0.25) is 0 Å². The normalized spacial score (nSPS) is 10.0. The molecule has 108 valence electrons. The van der Waals surface area contributed by atoms with Crippen molar-refractivity contribution in [1.82, 2.24) is 4.98 Å². The second kappa shape index (κ2) is 6.04. The second-order valence-corrected chi connectivity index (χ2v) is 4.54. The Labute approximate surface area is 122 Å². The van der Waals surface area contributed by atoms with Crippen LogP contribution in [0.3, 0.4) is 0 Å². The van der Waals surface area contributed by atoms with Gasteiger partial charge in [0.15, 0.2) is 0 Å². The van der Waals surface area contributed by atoms with Gasteiger partial charge in [0, 0.05) is 18.9 Å². The third kappa shape index (κ3) is 3.36. The molecule has 0 atom stereocenters.